The number of hydrogen-bond acceptors (Lipinski definition) is 3. The quantitative estimate of drug-likeness (QED) is 0.714. The number of halogens is 1. The maximum absolute atomic E-state index is 13.8. The van der Waals surface area contributed by atoms with E-state index in [0.29, 0.717) is 44.0 Å². The maximum Gasteiger partial charge on any atom is 0.254 e. The summed E-state index contributed by atoms with van der Waals surface area (Å²) in [6.07, 6.45) is 5.58. The fraction of sp³-hybridized carbons (Fsp3) is 0.483. The summed E-state index contributed by atoms with van der Waals surface area (Å²) in [7, 11) is 0. The van der Waals surface area contributed by atoms with Crippen molar-refractivity contribution in [1.82, 2.24) is 15.1 Å². The highest BCUT2D eigenvalue weighted by atomic mass is 19.1. The molecule has 3 heterocycles. The van der Waals surface area contributed by atoms with E-state index < -0.39 is 11.5 Å². The summed E-state index contributed by atoms with van der Waals surface area (Å²) in [4.78, 5) is 43.9. The summed E-state index contributed by atoms with van der Waals surface area (Å²) in [5.74, 6) is 0.0623. The van der Waals surface area contributed by atoms with Crippen LogP contribution >= 0.6 is 0 Å². The molecule has 1 aliphatic carbocycles. The van der Waals surface area contributed by atoms with Gasteiger partial charge in [-0.2, -0.15) is 0 Å². The Morgan fingerprint density at radius 2 is 1.81 bits per heavy atom. The number of nitrogens with zero attached hydrogens (tertiary/aromatic N) is 2. The van der Waals surface area contributed by atoms with E-state index in [1.165, 1.54) is 12.1 Å². The Morgan fingerprint density at radius 1 is 1.03 bits per heavy atom. The number of fused-ring (bicyclic) bond motifs is 1. The first-order valence-electron chi connectivity index (χ1n) is 13.2. The number of carbonyl (C=O) groups excluding carboxylic acids is 3. The van der Waals surface area contributed by atoms with Crippen molar-refractivity contribution in [2.24, 2.45) is 11.3 Å². The van der Waals surface area contributed by atoms with Gasteiger partial charge in [0.05, 0.1) is 5.41 Å². The molecule has 188 valence electrons. The van der Waals surface area contributed by atoms with Crippen molar-refractivity contribution >= 4 is 17.7 Å². The van der Waals surface area contributed by atoms with E-state index in [1.807, 2.05) is 34.1 Å². The molecule has 2 aromatic rings. The molecular formula is C29H32FN3O3. The minimum atomic E-state index is -0.478. The van der Waals surface area contributed by atoms with Crippen LogP contribution in [0, 0.1) is 17.2 Å². The number of rotatable bonds is 4. The first kappa shape index (κ1) is 23.2. The molecule has 1 N–H and O–H groups in total. The minimum absolute atomic E-state index is 0.0103. The van der Waals surface area contributed by atoms with Gasteiger partial charge in [0, 0.05) is 31.2 Å². The highest BCUT2D eigenvalue weighted by molar-refractivity contribution is 5.99. The normalized spacial score (nSPS) is 29.1. The topological polar surface area (TPSA) is 69.7 Å². The third-order valence-electron chi connectivity index (χ3n) is 8.58. The molecule has 4 atom stereocenters. The summed E-state index contributed by atoms with van der Waals surface area (Å²) >= 11 is 0. The lowest BCUT2D eigenvalue weighted by molar-refractivity contribution is -0.146. The van der Waals surface area contributed by atoms with Crippen LogP contribution in [0.25, 0.3) is 0 Å². The zero-order valence-electron chi connectivity index (χ0n) is 20.4. The fourth-order valence-corrected chi connectivity index (χ4v) is 6.66. The van der Waals surface area contributed by atoms with Gasteiger partial charge in [0.25, 0.3) is 5.91 Å². The van der Waals surface area contributed by atoms with Gasteiger partial charge in [-0.1, -0.05) is 24.3 Å². The SMILES string of the molecule is O=C([C@H]1C[C@H]2C[C@H]2N1C(=O)c1cccc(Cc2cccc(F)c2)c1)N1CCC[C@]2(CCCNC2=O)C1. The molecular weight excluding hydrogens is 457 g/mol. The van der Waals surface area contributed by atoms with E-state index in [9.17, 15) is 18.8 Å². The predicted octanol–water partition coefficient (Wildman–Crippen LogP) is 3.54. The number of carbonyl (C=O) groups is 3. The monoisotopic (exact) mass is 489 g/mol. The smallest absolute Gasteiger partial charge is 0.254 e. The Balaban J connectivity index is 1.20. The standard InChI is InChI=1S/C29H32FN3O3/c30-23-8-2-6-20(15-23)13-19-5-1-7-21(14-19)26(34)33-24-16-22(24)17-25(33)27(35)32-12-4-10-29(18-32)9-3-11-31-28(29)36/h1-2,5-8,14-15,22,24-25H,3-4,9-13,16-18H2,(H,31,36)/t22-,24-,25-,29-/m1/s1. The molecule has 0 aromatic heterocycles. The van der Waals surface area contributed by atoms with Crippen LogP contribution in [0.1, 0.15) is 60.0 Å². The largest absolute Gasteiger partial charge is 0.356 e. The molecule has 6 rings (SSSR count). The molecule has 4 aliphatic rings. The minimum Gasteiger partial charge on any atom is -0.356 e. The van der Waals surface area contributed by atoms with Gasteiger partial charge in [0.2, 0.25) is 11.8 Å². The number of hydrogen-bond donors (Lipinski definition) is 1. The Hall–Kier alpha value is -3.22. The van der Waals surface area contributed by atoms with Crippen LogP contribution in [0.2, 0.25) is 0 Å². The van der Waals surface area contributed by atoms with Gasteiger partial charge in [-0.15, -0.1) is 0 Å². The Labute approximate surface area is 210 Å². The van der Waals surface area contributed by atoms with Crippen molar-refractivity contribution in [3.8, 4) is 0 Å². The van der Waals surface area contributed by atoms with Gasteiger partial charge >= 0.3 is 0 Å². The molecule has 3 amide bonds. The van der Waals surface area contributed by atoms with Crippen molar-refractivity contribution in [3.63, 3.8) is 0 Å². The molecule has 1 spiro atoms. The first-order chi connectivity index (χ1) is 17.4. The predicted molar refractivity (Wildman–Crippen MR) is 133 cm³/mol. The zero-order valence-corrected chi connectivity index (χ0v) is 20.4. The van der Waals surface area contributed by atoms with Crippen LogP contribution in [-0.2, 0) is 16.0 Å². The lowest BCUT2D eigenvalue weighted by Gasteiger charge is -2.45. The second-order valence-corrected chi connectivity index (χ2v) is 11.0. The van der Waals surface area contributed by atoms with Crippen molar-refractivity contribution in [2.75, 3.05) is 19.6 Å². The van der Waals surface area contributed by atoms with E-state index in [1.54, 1.807) is 12.1 Å². The lowest BCUT2D eigenvalue weighted by Crippen LogP contribution is -2.58. The summed E-state index contributed by atoms with van der Waals surface area (Å²) in [6.45, 7) is 1.81. The molecule has 3 saturated heterocycles. The third kappa shape index (κ3) is 4.18. The van der Waals surface area contributed by atoms with Gasteiger partial charge in [-0.25, -0.2) is 4.39 Å². The molecule has 0 unspecified atom stereocenters. The van der Waals surface area contributed by atoms with E-state index in [4.69, 9.17) is 0 Å². The van der Waals surface area contributed by atoms with Crippen LogP contribution in [0.4, 0.5) is 4.39 Å². The van der Waals surface area contributed by atoms with E-state index in [-0.39, 0.29) is 29.6 Å². The molecule has 6 nitrogen and oxygen atoms in total. The number of benzene rings is 2. The van der Waals surface area contributed by atoms with Crippen molar-refractivity contribution in [1.29, 1.82) is 0 Å². The highest BCUT2D eigenvalue weighted by Gasteiger charge is 2.57. The van der Waals surface area contributed by atoms with Crippen LogP contribution < -0.4 is 5.32 Å². The van der Waals surface area contributed by atoms with Gasteiger partial charge in [-0.05, 0) is 86.3 Å². The number of amides is 3. The molecule has 3 aliphatic heterocycles. The highest BCUT2D eigenvalue weighted by Crippen LogP contribution is 2.49. The van der Waals surface area contributed by atoms with Crippen LogP contribution in [0.5, 0.6) is 0 Å². The number of piperidine rings is 3. The zero-order chi connectivity index (χ0) is 24.9. The molecule has 7 heteroatoms. The average molecular weight is 490 g/mol. The fourth-order valence-electron chi connectivity index (χ4n) is 6.66. The van der Waals surface area contributed by atoms with Crippen LogP contribution in [-0.4, -0.2) is 59.2 Å². The van der Waals surface area contributed by atoms with Crippen LogP contribution in [0.3, 0.4) is 0 Å². The Kier molecular flexibility index (Phi) is 5.81. The number of likely N-dealkylation sites (tertiary alicyclic amines) is 2. The Bertz CT molecular complexity index is 1210. The van der Waals surface area contributed by atoms with Crippen LogP contribution in [0.15, 0.2) is 48.5 Å². The summed E-state index contributed by atoms with van der Waals surface area (Å²) in [5, 5.41) is 3.00. The molecule has 0 radical (unpaired) electrons. The lowest BCUT2D eigenvalue weighted by atomic mass is 9.73. The van der Waals surface area contributed by atoms with Gasteiger partial charge < -0.3 is 15.1 Å². The molecule has 2 aromatic carbocycles. The summed E-state index contributed by atoms with van der Waals surface area (Å²) in [6, 6.07) is 13.6. The van der Waals surface area contributed by atoms with E-state index >= 15 is 0 Å². The van der Waals surface area contributed by atoms with Gasteiger partial charge in [0.1, 0.15) is 11.9 Å². The van der Waals surface area contributed by atoms with Crippen molar-refractivity contribution in [3.05, 3.63) is 71.0 Å². The Morgan fingerprint density at radius 3 is 2.61 bits per heavy atom. The van der Waals surface area contributed by atoms with Gasteiger partial charge in [0.15, 0.2) is 0 Å². The second-order valence-electron chi connectivity index (χ2n) is 11.0. The van der Waals surface area contributed by atoms with Crippen molar-refractivity contribution in [2.45, 2.75) is 57.0 Å². The molecule has 0 bridgehead atoms. The average Bonchev–Trinajstić information content (AvgIpc) is 3.55. The third-order valence-corrected chi connectivity index (χ3v) is 8.58. The number of nitrogens with one attached hydrogen (secondary N) is 1. The first-order valence-corrected chi connectivity index (χ1v) is 13.2. The summed E-state index contributed by atoms with van der Waals surface area (Å²) < 4.78 is 13.6. The van der Waals surface area contributed by atoms with E-state index in [2.05, 4.69) is 5.32 Å². The van der Waals surface area contributed by atoms with Gasteiger partial charge in [-0.3, -0.25) is 14.4 Å². The molecule has 36 heavy (non-hydrogen) atoms. The summed E-state index contributed by atoms with van der Waals surface area (Å²) in [5.41, 5.74) is 1.87. The second kappa shape index (κ2) is 9.02. The van der Waals surface area contributed by atoms with Crippen molar-refractivity contribution < 1.29 is 18.8 Å². The molecule has 4 fully saturated rings. The molecule has 1 saturated carbocycles. The maximum atomic E-state index is 13.8. The van der Waals surface area contributed by atoms with E-state index in [0.717, 1.165) is 43.2 Å².